The van der Waals surface area contributed by atoms with Crippen molar-refractivity contribution in [2.24, 2.45) is 0 Å². The van der Waals surface area contributed by atoms with Crippen LogP contribution >= 0.6 is 0 Å². The molecule has 3 rings (SSSR count). The highest BCUT2D eigenvalue weighted by Gasteiger charge is 2.36. The zero-order valence-corrected chi connectivity index (χ0v) is 14.3. The molecule has 6 heteroatoms. The van der Waals surface area contributed by atoms with Gasteiger partial charge in [-0.25, -0.2) is 8.78 Å². The first-order valence-corrected chi connectivity index (χ1v) is 8.57. The van der Waals surface area contributed by atoms with Gasteiger partial charge in [0.25, 0.3) is 0 Å². The highest BCUT2D eigenvalue weighted by molar-refractivity contribution is 5.79. The number of nitrogens with zero attached hydrogens (tertiary/aromatic N) is 1. The summed E-state index contributed by atoms with van der Waals surface area (Å²) in [5.41, 5.74) is -0.418. The molecular weight excluding hydrogens is 340 g/mol. The van der Waals surface area contributed by atoms with Gasteiger partial charge in [0.2, 0.25) is 5.91 Å². The first-order chi connectivity index (χ1) is 12.4. The Morgan fingerprint density at radius 1 is 1.08 bits per heavy atom. The van der Waals surface area contributed by atoms with Gasteiger partial charge in [-0.15, -0.1) is 0 Å². The number of rotatable bonds is 5. The van der Waals surface area contributed by atoms with Gasteiger partial charge in [0.1, 0.15) is 29.6 Å². The molecule has 1 aliphatic rings. The molecule has 0 radical (unpaired) electrons. The number of carbonyl (C=O) groups is 1. The molecule has 1 atom stereocenters. The lowest BCUT2D eigenvalue weighted by Crippen LogP contribution is -2.53. The van der Waals surface area contributed by atoms with Crippen molar-refractivity contribution in [3.05, 3.63) is 65.7 Å². The molecule has 0 bridgehead atoms. The fourth-order valence-corrected chi connectivity index (χ4v) is 3.08. The molecule has 0 spiro atoms. The number of halogens is 2. The summed E-state index contributed by atoms with van der Waals surface area (Å²) in [6.07, 6.45) is 1.35. The van der Waals surface area contributed by atoms with E-state index in [9.17, 15) is 18.7 Å². The van der Waals surface area contributed by atoms with Gasteiger partial charge in [0.05, 0.1) is 13.0 Å². The van der Waals surface area contributed by atoms with Crippen LogP contribution < -0.4 is 4.74 Å². The Hall–Kier alpha value is -2.47. The standard InChI is InChI=1S/C20H21F2NO3/c21-16-4-2-15(3-5-16)12-19(24)23-11-1-10-20(25,13-23)14-26-18-8-6-17(22)7-9-18/h2-9,25H,1,10-14H2. The first-order valence-electron chi connectivity index (χ1n) is 8.57. The number of amides is 1. The van der Waals surface area contributed by atoms with Gasteiger partial charge in [0.15, 0.2) is 0 Å². The fourth-order valence-electron chi connectivity index (χ4n) is 3.08. The first kappa shape index (κ1) is 18.3. The number of aliphatic hydroxyl groups is 1. The second-order valence-electron chi connectivity index (χ2n) is 6.69. The van der Waals surface area contributed by atoms with Crippen molar-refractivity contribution in [3.63, 3.8) is 0 Å². The molecule has 1 fully saturated rings. The van der Waals surface area contributed by atoms with Crippen molar-refractivity contribution in [3.8, 4) is 5.75 Å². The monoisotopic (exact) mass is 361 g/mol. The third kappa shape index (κ3) is 4.79. The van der Waals surface area contributed by atoms with E-state index < -0.39 is 5.60 Å². The lowest BCUT2D eigenvalue weighted by atomic mass is 9.93. The minimum Gasteiger partial charge on any atom is -0.491 e. The minimum absolute atomic E-state index is 0.0267. The van der Waals surface area contributed by atoms with E-state index >= 15 is 0 Å². The zero-order valence-electron chi connectivity index (χ0n) is 14.3. The Balaban J connectivity index is 1.57. The van der Waals surface area contributed by atoms with E-state index in [-0.39, 0.29) is 37.1 Å². The highest BCUT2D eigenvalue weighted by atomic mass is 19.1. The van der Waals surface area contributed by atoms with Gasteiger partial charge in [-0.2, -0.15) is 0 Å². The topological polar surface area (TPSA) is 49.8 Å². The Labute approximate surface area is 151 Å². The van der Waals surface area contributed by atoms with Crippen LogP contribution in [-0.4, -0.2) is 41.2 Å². The lowest BCUT2D eigenvalue weighted by Gasteiger charge is -2.39. The van der Waals surface area contributed by atoms with Crippen molar-refractivity contribution in [2.75, 3.05) is 19.7 Å². The largest absolute Gasteiger partial charge is 0.491 e. The van der Waals surface area contributed by atoms with Crippen molar-refractivity contribution in [2.45, 2.75) is 24.9 Å². The molecule has 4 nitrogen and oxygen atoms in total. The Morgan fingerprint density at radius 3 is 2.35 bits per heavy atom. The number of likely N-dealkylation sites (tertiary alicyclic amines) is 1. The van der Waals surface area contributed by atoms with Gasteiger partial charge in [-0.1, -0.05) is 12.1 Å². The van der Waals surface area contributed by atoms with E-state index in [0.717, 1.165) is 5.56 Å². The van der Waals surface area contributed by atoms with Gasteiger partial charge in [-0.05, 0) is 54.8 Å². The van der Waals surface area contributed by atoms with E-state index in [1.807, 2.05) is 0 Å². The lowest BCUT2D eigenvalue weighted by molar-refractivity contribution is -0.139. The second-order valence-corrected chi connectivity index (χ2v) is 6.69. The summed E-state index contributed by atoms with van der Waals surface area (Å²) in [4.78, 5) is 14.1. The van der Waals surface area contributed by atoms with Gasteiger partial charge >= 0.3 is 0 Å². The number of piperidine rings is 1. The van der Waals surface area contributed by atoms with Crippen LogP contribution in [0.2, 0.25) is 0 Å². The van der Waals surface area contributed by atoms with Crippen LogP contribution in [0.25, 0.3) is 0 Å². The Morgan fingerprint density at radius 2 is 1.69 bits per heavy atom. The van der Waals surface area contributed by atoms with Crippen molar-refractivity contribution >= 4 is 5.91 Å². The maximum Gasteiger partial charge on any atom is 0.227 e. The third-order valence-corrected chi connectivity index (χ3v) is 4.50. The number of hydrogen-bond acceptors (Lipinski definition) is 3. The average Bonchev–Trinajstić information content (AvgIpc) is 2.63. The molecule has 1 aliphatic heterocycles. The van der Waals surface area contributed by atoms with Crippen molar-refractivity contribution in [1.82, 2.24) is 4.90 Å². The van der Waals surface area contributed by atoms with Gasteiger partial charge in [0, 0.05) is 6.54 Å². The van der Waals surface area contributed by atoms with Crippen molar-refractivity contribution in [1.29, 1.82) is 0 Å². The van der Waals surface area contributed by atoms with Gasteiger partial charge in [-0.3, -0.25) is 4.79 Å². The summed E-state index contributed by atoms with van der Waals surface area (Å²) < 4.78 is 31.5. The third-order valence-electron chi connectivity index (χ3n) is 4.50. The van der Waals surface area contributed by atoms with E-state index in [1.54, 1.807) is 17.0 Å². The molecule has 1 N–H and O–H groups in total. The summed E-state index contributed by atoms with van der Waals surface area (Å²) >= 11 is 0. The van der Waals surface area contributed by atoms with E-state index in [1.165, 1.54) is 36.4 Å². The molecule has 1 unspecified atom stereocenters. The predicted octanol–water partition coefficient (Wildman–Crippen LogP) is 2.94. The molecular formula is C20H21F2NO3. The summed E-state index contributed by atoms with van der Waals surface area (Å²) in [7, 11) is 0. The molecule has 26 heavy (non-hydrogen) atoms. The summed E-state index contributed by atoms with van der Waals surface area (Å²) in [6, 6.07) is 11.4. The van der Waals surface area contributed by atoms with Crippen LogP contribution in [0.1, 0.15) is 18.4 Å². The molecule has 2 aromatic carbocycles. The molecule has 1 amide bonds. The zero-order chi connectivity index (χ0) is 18.6. The normalized spacial score (nSPS) is 20.0. The van der Waals surface area contributed by atoms with Crippen LogP contribution in [0.15, 0.2) is 48.5 Å². The average molecular weight is 361 g/mol. The summed E-state index contributed by atoms with van der Waals surface area (Å²) in [5, 5.41) is 10.8. The molecule has 1 heterocycles. The molecule has 2 aromatic rings. The number of ether oxygens (including phenoxy) is 1. The van der Waals surface area contributed by atoms with Crippen LogP contribution in [0.4, 0.5) is 8.78 Å². The van der Waals surface area contributed by atoms with E-state index in [4.69, 9.17) is 4.74 Å². The maximum absolute atomic E-state index is 13.0. The van der Waals surface area contributed by atoms with Crippen LogP contribution in [-0.2, 0) is 11.2 Å². The number of β-amino-alcohol motifs (C(OH)–C–C–N with tert-alkyl or cyclic N) is 1. The number of benzene rings is 2. The Bertz CT molecular complexity index is 749. The molecule has 0 saturated carbocycles. The van der Waals surface area contributed by atoms with Crippen LogP contribution in [0, 0.1) is 11.6 Å². The van der Waals surface area contributed by atoms with Crippen molar-refractivity contribution < 1.29 is 23.4 Å². The Kier molecular flexibility index (Phi) is 5.52. The van der Waals surface area contributed by atoms with Gasteiger partial charge < -0.3 is 14.7 Å². The second kappa shape index (κ2) is 7.83. The minimum atomic E-state index is -1.15. The van der Waals surface area contributed by atoms with E-state index in [2.05, 4.69) is 0 Å². The van der Waals surface area contributed by atoms with Crippen LogP contribution in [0.5, 0.6) is 5.75 Å². The fraction of sp³-hybridized carbons (Fsp3) is 0.350. The summed E-state index contributed by atoms with van der Waals surface area (Å²) in [6.45, 7) is 0.770. The molecule has 0 aromatic heterocycles. The maximum atomic E-state index is 13.0. The molecule has 1 saturated heterocycles. The SMILES string of the molecule is O=C(Cc1ccc(F)cc1)N1CCCC(O)(COc2ccc(F)cc2)C1. The highest BCUT2D eigenvalue weighted by Crippen LogP contribution is 2.24. The number of carbonyl (C=O) groups excluding carboxylic acids is 1. The van der Waals surface area contributed by atoms with E-state index in [0.29, 0.717) is 25.1 Å². The predicted molar refractivity (Wildman–Crippen MR) is 92.8 cm³/mol. The molecule has 138 valence electrons. The molecule has 0 aliphatic carbocycles. The summed E-state index contributed by atoms with van der Waals surface area (Å²) in [5.74, 6) is -0.344. The smallest absolute Gasteiger partial charge is 0.227 e. The number of hydrogen-bond donors (Lipinski definition) is 1. The van der Waals surface area contributed by atoms with Crippen LogP contribution in [0.3, 0.4) is 0 Å². The quantitative estimate of drug-likeness (QED) is 0.891.